The Morgan fingerprint density at radius 2 is 2.17 bits per heavy atom. The van der Waals surface area contributed by atoms with Gasteiger partial charge in [0.25, 0.3) is 0 Å². The Balaban J connectivity index is 1.36. The number of ketones is 1. The van der Waals surface area contributed by atoms with Crippen LogP contribution >= 0.6 is 0 Å². The maximum Gasteiger partial charge on any atom is 0.157 e. The molecule has 0 saturated carbocycles. The third kappa shape index (κ3) is 4.62. The molecule has 3 heterocycles. The quantitative estimate of drug-likeness (QED) is 0.609. The van der Waals surface area contributed by atoms with Crippen molar-refractivity contribution in [2.75, 3.05) is 11.9 Å². The molecule has 0 aliphatic carbocycles. The van der Waals surface area contributed by atoms with E-state index in [1.807, 2.05) is 31.2 Å². The number of nitrogens with zero attached hydrogens (tertiary/aromatic N) is 3. The lowest BCUT2D eigenvalue weighted by Crippen LogP contribution is -2.19. The van der Waals surface area contributed by atoms with Crippen molar-refractivity contribution in [1.82, 2.24) is 15.2 Å². The summed E-state index contributed by atoms with van der Waals surface area (Å²) in [5.41, 5.74) is 3.80. The molecular weight excluding hydrogens is 366 g/mol. The van der Waals surface area contributed by atoms with Crippen LogP contribution in [0.1, 0.15) is 43.9 Å². The minimum absolute atomic E-state index is 0.0261. The second-order valence-electron chi connectivity index (χ2n) is 7.66. The summed E-state index contributed by atoms with van der Waals surface area (Å²) in [4.78, 5) is 22.3. The predicted molar refractivity (Wildman–Crippen MR) is 113 cm³/mol. The van der Waals surface area contributed by atoms with E-state index in [-0.39, 0.29) is 17.8 Å². The second-order valence-corrected chi connectivity index (χ2v) is 7.66. The number of nitrogens with one attached hydrogen (secondary N) is 2. The maximum absolute atomic E-state index is 12.5. The van der Waals surface area contributed by atoms with E-state index in [0.29, 0.717) is 19.4 Å². The van der Waals surface area contributed by atoms with Gasteiger partial charge in [0.05, 0.1) is 23.2 Å². The molecule has 0 bridgehead atoms. The molecular formula is C22H25N5O2. The summed E-state index contributed by atoms with van der Waals surface area (Å²) < 4.78 is 0. The number of aromatic nitrogens is 3. The van der Waals surface area contributed by atoms with Crippen molar-refractivity contribution in [3.8, 4) is 0 Å². The van der Waals surface area contributed by atoms with Gasteiger partial charge >= 0.3 is 0 Å². The first-order chi connectivity index (χ1) is 14.1. The van der Waals surface area contributed by atoms with Crippen LogP contribution in [0.4, 0.5) is 5.82 Å². The summed E-state index contributed by atoms with van der Waals surface area (Å²) in [5, 5.41) is 15.5. The molecule has 1 aromatic carbocycles. The number of aromatic amines is 1. The van der Waals surface area contributed by atoms with E-state index in [1.54, 1.807) is 6.20 Å². The van der Waals surface area contributed by atoms with Crippen LogP contribution in [-0.2, 0) is 16.1 Å². The number of hydrogen-bond acceptors (Lipinski definition) is 6. The Kier molecular flexibility index (Phi) is 5.55. The lowest BCUT2D eigenvalue weighted by Gasteiger charge is -2.11. The first-order valence-electron chi connectivity index (χ1n) is 9.91. The van der Waals surface area contributed by atoms with E-state index in [2.05, 4.69) is 44.7 Å². The van der Waals surface area contributed by atoms with Gasteiger partial charge in [-0.1, -0.05) is 42.4 Å². The largest absolute Gasteiger partial charge is 0.390 e. The number of hydrogen-bond donors (Lipinski definition) is 2. The van der Waals surface area contributed by atoms with E-state index >= 15 is 0 Å². The van der Waals surface area contributed by atoms with Crippen LogP contribution in [0.5, 0.6) is 0 Å². The molecule has 4 rings (SSSR count). The van der Waals surface area contributed by atoms with Crippen LogP contribution in [0, 0.1) is 0 Å². The minimum Gasteiger partial charge on any atom is -0.390 e. The van der Waals surface area contributed by atoms with Gasteiger partial charge in [-0.2, -0.15) is 5.10 Å². The van der Waals surface area contributed by atoms with Gasteiger partial charge in [0.2, 0.25) is 0 Å². The summed E-state index contributed by atoms with van der Waals surface area (Å²) >= 11 is 0. The number of benzene rings is 1. The molecule has 0 fully saturated rings. The Labute approximate surface area is 169 Å². The summed E-state index contributed by atoms with van der Waals surface area (Å²) in [5.74, 6) is 1.11. The number of anilines is 1. The van der Waals surface area contributed by atoms with Gasteiger partial charge in [0, 0.05) is 31.2 Å². The number of H-pyrrole nitrogens is 1. The van der Waals surface area contributed by atoms with Crippen LogP contribution in [0.25, 0.3) is 10.9 Å². The number of oxime groups is 1. The molecule has 1 aliphatic heterocycles. The van der Waals surface area contributed by atoms with Gasteiger partial charge in [-0.25, -0.2) is 0 Å². The third-order valence-corrected chi connectivity index (χ3v) is 5.16. The molecule has 7 heteroatoms. The van der Waals surface area contributed by atoms with Gasteiger partial charge in [0.15, 0.2) is 5.82 Å². The lowest BCUT2D eigenvalue weighted by atomic mass is 9.94. The standard InChI is InChI=1S/C22H25N5O2/c1-14(16-6-4-3-5-7-16)8-18(28)10-17-11-21-20(13-23-17)22(26-25-21)24-12-19-9-15(2)27-29-19/h3-7,11,13-14,19H,8-10,12H2,1-2H3,(H2,24,25,26)/t14-,19?/m0/s1. The molecule has 2 aromatic heterocycles. The number of Topliss-reactive ketones (excluding diaryl/α,β-unsaturated/α-hetero) is 1. The first kappa shape index (κ1) is 19.1. The summed E-state index contributed by atoms with van der Waals surface area (Å²) in [6.07, 6.45) is 3.44. The number of fused-ring (bicyclic) bond motifs is 1. The van der Waals surface area contributed by atoms with Crippen molar-refractivity contribution in [2.45, 2.75) is 45.1 Å². The van der Waals surface area contributed by atoms with Crippen molar-refractivity contribution in [2.24, 2.45) is 5.16 Å². The van der Waals surface area contributed by atoms with Crippen molar-refractivity contribution in [3.05, 3.63) is 53.9 Å². The summed E-state index contributed by atoms with van der Waals surface area (Å²) in [7, 11) is 0. The Hall–Kier alpha value is -3.22. The van der Waals surface area contributed by atoms with Crippen molar-refractivity contribution < 1.29 is 9.63 Å². The SMILES string of the molecule is CC1=NOC(CNc2n[nH]c3cc(CC(=O)C[C@H](C)c4ccccc4)ncc23)C1. The lowest BCUT2D eigenvalue weighted by molar-refractivity contribution is -0.118. The molecule has 7 nitrogen and oxygen atoms in total. The van der Waals surface area contributed by atoms with Crippen molar-refractivity contribution >= 4 is 28.2 Å². The average molecular weight is 391 g/mol. The second kappa shape index (κ2) is 8.43. The van der Waals surface area contributed by atoms with Gasteiger partial charge in [-0.05, 0) is 24.5 Å². The van der Waals surface area contributed by atoms with Gasteiger partial charge in [-0.3, -0.25) is 14.9 Å². The number of rotatable bonds is 8. The van der Waals surface area contributed by atoms with Crippen molar-refractivity contribution in [1.29, 1.82) is 0 Å². The molecule has 1 unspecified atom stereocenters. The zero-order valence-electron chi connectivity index (χ0n) is 16.7. The summed E-state index contributed by atoms with van der Waals surface area (Å²) in [6.45, 7) is 4.66. The monoisotopic (exact) mass is 391 g/mol. The molecule has 29 heavy (non-hydrogen) atoms. The fourth-order valence-electron chi connectivity index (χ4n) is 3.59. The number of carbonyl (C=O) groups excluding carboxylic acids is 1. The normalized spacial score (nSPS) is 17.0. The highest BCUT2D eigenvalue weighted by Gasteiger charge is 2.19. The first-order valence-corrected chi connectivity index (χ1v) is 9.91. The van der Waals surface area contributed by atoms with Gasteiger partial charge < -0.3 is 10.2 Å². The van der Waals surface area contributed by atoms with Crippen LogP contribution in [0.15, 0.2) is 47.8 Å². The zero-order chi connectivity index (χ0) is 20.2. The number of pyridine rings is 1. The highest BCUT2D eigenvalue weighted by molar-refractivity contribution is 5.90. The molecule has 2 N–H and O–H groups in total. The van der Waals surface area contributed by atoms with E-state index in [4.69, 9.17) is 4.84 Å². The van der Waals surface area contributed by atoms with Crippen molar-refractivity contribution in [3.63, 3.8) is 0 Å². The van der Waals surface area contributed by atoms with E-state index in [9.17, 15) is 4.79 Å². The fraction of sp³-hybridized carbons (Fsp3) is 0.364. The highest BCUT2D eigenvalue weighted by atomic mass is 16.6. The van der Waals surface area contributed by atoms with E-state index in [0.717, 1.165) is 34.5 Å². The zero-order valence-corrected chi connectivity index (χ0v) is 16.7. The maximum atomic E-state index is 12.5. The van der Waals surface area contributed by atoms with Crippen LogP contribution in [-0.4, -0.2) is 39.3 Å². The van der Waals surface area contributed by atoms with Gasteiger partial charge in [0.1, 0.15) is 11.9 Å². The van der Waals surface area contributed by atoms with Crippen LogP contribution in [0.2, 0.25) is 0 Å². The highest BCUT2D eigenvalue weighted by Crippen LogP contribution is 2.23. The van der Waals surface area contributed by atoms with Gasteiger partial charge in [-0.15, -0.1) is 0 Å². The fourth-order valence-corrected chi connectivity index (χ4v) is 3.59. The van der Waals surface area contributed by atoms with Crippen LogP contribution < -0.4 is 5.32 Å². The van der Waals surface area contributed by atoms with E-state index in [1.165, 1.54) is 5.56 Å². The molecule has 0 saturated heterocycles. The third-order valence-electron chi connectivity index (χ3n) is 5.16. The average Bonchev–Trinajstić information content (AvgIpc) is 3.32. The smallest absolute Gasteiger partial charge is 0.157 e. The number of carbonyl (C=O) groups is 1. The summed E-state index contributed by atoms with van der Waals surface area (Å²) in [6, 6.07) is 12.0. The van der Waals surface area contributed by atoms with E-state index < -0.39 is 0 Å². The Bertz CT molecular complexity index is 1030. The molecule has 0 amide bonds. The molecule has 2 atom stereocenters. The molecule has 150 valence electrons. The Morgan fingerprint density at radius 3 is 2.93 bits per heavy atom. The van der Waals surface area contributed by atoms with Crippen LogP contribution in [0.3, 0.4) is 0 Å². The minimum atomic E-state index is 0.0261. The molecule has 3 aromatic rings. The molecule has 0 spiro atoms. The molecule has 1 aliphatic rings. The molecule has 0 radical (unpaired) electrons. The predicted octanol–water partition coefficient (Wildman–Crippen LogP) is 3.84. The Morgan fingerprint density at radius 1 is 1.34 bits per heavy atom. The topological polar surface area (TPSA) is 92.3 Å².